The van der Waals surface area contributed by atoms with Crippen LogP contribution in [-0.4, -0.2) is 19.8 Å². The summed E-state index contributed by atoms with van der Waals surface area (Å²) in [5.74, 6) is 0. The molecule has 0 radical (unpaired) electrons. The van der Waals surface area contributed by atoms with Crippen LogP contribution in [0.2, 0.25) is 0 Å². The van der Waals surface area contributed by atoms with Crippen molar-refractivity contribution in [2.24, 2.45) is 0 Å². The molecule has 3 heteroatoms. The van der Waals surface area contributed by atoms with Gasteiger partial charge in [-0.05, 0) is 51.1 Å². The number of rotatable bonds is 5. The molecule has 0 aliphatic carbocycles. The topological polar surface area (TPSA) is 21.3 Å². The maximum absolute atomic E-state index is 5.67. The van der Waals surface area contributed by atoms with Gasteiger partial charge in [0.1, 0.15) is 0 Å². The average molecular weight is 286 g/mol. The second-order valence-electron chi connectivity index (χ2n) is 4.22. The molecule has 90 valence electrons. The molecule has 1 unspecified atom stereocenters. The summed E-state index contributed by atoms with van der Waals surface area (Å²) in [6.07, 6.45) is 0.267. The van der Waals surface area contributed by atoms with Gasteiger partial charge in [0, 0.05) is 4.47 Å². The molecule has 0 aliphatic heterocycles. The van der Waals surface area contributed by atoms with Crippen LogP contribution in [0.15, 0.2) is 22.7 Å². The van der Waals surface area contributed by atoms with E-state index in [1.54, 1.807) is 0 Å². The molecule has 1 aromatic rings. The van der Waals surface area contributed by atoms with E-state index in [0.29, 0.717) is 6.61 Å². The predicted octanol–water partition coefficient (Wildman–Crippen LogP) is 3.44. The predicted molar refractivity (Wildman–Crippen MR) is 71.8 cm³/mol. The van der Waals surface area contributed by atoms with E-state index >= 15 is 0 Å². The number of halogens is 1. The van der Waals surface area contributed by atoms with Crippen LogP contribution in [-0.2, 0) is 4.74 Å². The van der Waals surface area contributed by atoms with Gasteiger partial charge in [0.25, 0.3) is 0 Å². The van der Waals surface area contributed by atoms with Crippen LogP contribution in [0.4, 0.5) is 0 Å². The van der Waals surface area contributed by atoms with Gasteiger partial charge in [0.05, 0.1) is 18.8 Å². The van der Waals surface area contributed by atoms with Crippen molar-refractivity contribution in [3.63, 3.8) is 0 Å². The summed E-state index contributed by atoms with van der Waals surface area (Å²) in [5, 5.41) is 3.30. The van der Waals surface area contributed by atoms with E-state index in [1.165, 1.54) is 11.1 Å². The highest BCUT2D eigenvalue weighted by Gasteiger charge is 2.13. The van der Waals surface area contributed by atoms with E-state index in [4.69, 9.17) is 4.74 Å². The molecule has 0 spiro atoms. The number of likely N-dealkylation sites (N-methyl/N-ethyl adjacent to an activating group) is 1. The summed E-state index contributed by atoms with van der Waals surface area (Å²) in [5.41, 5.74) is 2.58. The largest absolute Gasteiger partial charge is 0.377 e. The highest BCUT2D eigenvalue weighted by molar-refractivity contribution is 9.10. The molecule has 1 rings (SSSR count). The highest BCUT2D eigenvalue weighted by Crippen LogP contribution is 2.22. The van der Waals surface area contributed by atoms with Gasteiger partial charge in [-0.25, -0.2) is 0 Å². The summed E-state index contributed by atoms with van der Waals surface area (Å²) in [6, 6.07) is 6.59. The van der Waals surface area contributed by atoms with Gasteiger partial charge in [-0.3, -0.25) is 0 Å². The Morgan fingerprint density at radius 3 is 2.62 bits per heavy atom. The summed E-state index contributed by atoms with van der Waals surface area (Å²) in [4.78, 5) is 0. The van der Waals surface area contributed by atoms with Crippen LogP contribution in [0.1, 0.15) is 31.0 Å². The molecule has 1 N–H and O–H groups in total. The third-order valence-electron chi connectivity index (χ3n) is 2.56. The minimum Gasteiger partial charge on any atom is -0.377 e. The Labute approximate surface area is 107 Å². The summed E-state index contributed by atoms with van der Waals surface area (Å²) < 4.78 is 6.78. The first kappa shape index (κ1) is 13.7. The third-order valence-corrected chi connectivity index (χ3v) is 3.05. The molecule has 1 aromatic carbocycles. The minimum absolute atomic E-state index is 0.250. The first-order valence-corrected chi connectivity index (χ1v) is 6.38. The summed E-state index contributed by atoms with van der Waals surface area (Å²) in [7, 11) is 1.97. The van der Waals surface area contributed by atoms with Crippen molar-refractivity contribution in [1.82, 2.24) is 5.32 Å². The Balaban J connectivity index is 2.81. The quantitative estimate of drug-likeness (QED) is 0.895. The van der Waals surface area contributed by atoms with Crippen molar-refractivity contribution < 1.29 is 4.74 Å². The second-order valence-corrected chi connectivity index (χ2v) is 5.14. The van der Waals surface area contributed by atoms with Gasteiger partial charge in [-0.1, -0.05) is 22.0 Å². The monoisotopic (exact) mass is 285 g/mol. The number of hydrogen-bond donors (Lipinski definition) is 1. The van der Waals surface area contributed by atoms with Crippen LogP contribution >= 0.6 is 15.9 Å². The fraction of sp³-hybridized carbons (Fsp3) is 0.538. The second kappa shape index (κ2) is 6.38. The lowest BCUT2D eigenvalue weighted by molar-refractivity contribution is 0.0625. The Morgan fingerprint density at radius 1 is 1.38 bits per heavy atom. The maximum Gasteiger partial charge on any atom is 0.0664 e. The molecule has 16 heavy (non-hydrogen) atoms. The number of hydrogen-bond acceptors (Lipinski definition) is 2. The van der Waals surface area contributed by atoms with Crippen molar-refractivity contribution in [2.45, 2.75) is 32.9 Å². The zero-order chi connectivity index (χ0) is 12.1. The SMILES string of the molecule is CNC(COC(C)C)c1cc(Br)ccc1C. The lowest BCUT2D eigenvalue weighted by atomic mass is 10.0. The minimum atomic E-state index is 0.250. The summed E-state index contributed by atoms with van der Waals surface area (Å²) >= 11 is 3.51. The molecule has 1 atom stereocenters. The Bertz CT molecular complexity index is 339. The van der Waals surface area contributed by atoms with Gasteiger partial charge in [0.15, 0.2) is 0 Å². The lowest BCUT2D eigenvalue weighted by Gasteiger charge is -2.20. The summed E-state index contributed by atoms with van der Waals surface area (Å²) in [6.45, 7) is 6.94. The average Bonchev–Trinajstić information content (AvgIpc) is 2.23. The van der Waals surface area contributed by atoms with Crippen LogP contribution in [0.3, 0.4) is 0 Å². The maximum atomic E-state index is 5.67. The highest BCUT2D eigenvalue weighted by atomic mass is 79.9. The molecule has 2 nitrogen and oxygen atoms in total. The Kier molecular flexibility index (Phi) is 5.46. The molecular formula is C13H20BrNO. The van der Waals surface area contributed by atoms with Crippen molar-refractivity contribution >= 4 is 15.9 Å². The molecular weight excluding hydrogens is 266 g/mol. The van der Waals surface area contributed by atoms with Gasteiger partial charge in [-0.15, -0.1) is 0 Å². The Hall–Kier alpha value is -0.380. The van der Waals surface area contributed by atoms with Crippen LogP contribution in [0.5, 0.6) is 0 Å². The first-order chi connectivity index (χ1) is 7.54. The van der Waals surface area contributed by atoms with Crippen LogP contribution < -0.4 is 5.32 Å². The zero-order valence-corrected chi connectivity index (χ0v) is 12.0. The van der Waals surface area contributed by atoms with E-state index in [0.717, 1.165) is 4.47 Å². The Morgan fingerprint density at radius 2 is 2.06 bits per heavy atom. The molecule has 0 aromatic heterocycles. The molecule has 0 aliphatic rings. The van der Waals surface area contributed by atoms with Crippen molar-refractivity contribution in [2.75, 3.05) is 13.7 Å². The first-order valence-electron chi connectivity index (χ1n) is 5.59. The van der Waals surface area contributed by atoms with E-state index in [-0.39, 0.29) is 12.1 Å². The van der Waals surface area contributed by atoms with Crippen molar-refractivity contribution in [3.05, 3.63) is 33.8 Å². The molecule has 0 bridgehead atoms. The molecule has 0 amide bonds. The van der Waals surface area contributed by atoms with Gasteiger partial charge < -0.3 is 10.1 Å². The lowest BCUT2D eigenvalue weighted by Crippen LogP contribution is -2.24. The van der Waals surface area contributed by atoms with Gasteiger partial charge in [0.2, 0.25) is 0 Å². The normalized spacial score (nSPS) is 13.1. The smallest absolute Gasteiger partial charge is 0.0664 e. The van der Waals surface area contributed by atoms with Crippen LogP contribution in [0.25, 0.3) is 0 Å². The van der Waals surface area contributed by atoms with Gasteiger partial charge in [-0.2, -0.15) is 0 Å². The van der Waals surface area contributed by atoms with E-state index in [1.807, 2.05) is 7.05 Å². The molecule has 0 heterocycles. The van der Waals surface area contributed by atoms with E-state index in [2.05, 4.69) is 60.2 Å². The fourth-order valence-corrected chi connectivity index (χ4v) is 1.98. The molecule has 0 saturated heterocycles. The molecule has 0 saturated carbocycles. The number of nitrogens with one attached hydrogen (secondary N) is 1. The zero-order valence-electron chi connectivity index (χ0n) is 10.4. The standard InChI is InChI=1S/C13H20BrNO/c1-9(2)16-8-13(15-4)12-7-11(14)6-5-10(12)3/h5-7,9,13,15H,8H2,1-4H3. The third kappa shape index (κ3) is 3.89. The van der Waals surface area contributed by atoms with E-state index in [9.17, 15) is 0 Å². The van der Waals surface area contributed by atoms with E-state index < -0.39 is 0 Å². The number of benzene rings is 1. The van der Waals surface area contributed by atoms with Crippen molar-refractivity contribution in [1.29, 1.82) is 0 Å². The number of ether oxygens (including phenoxy) is 1. The van der Waals surface area contributed by atoms with Gasteiger partial charge >= 0.3 is 0 Å². The fourth-order valence-electron chi connectivity index (χ4n) is 1.60. The number of aryl methyl sites for hydroxylation is 1. The molecule has 0 fully saturated rings. The van der Waals surface area contributed by atoms with Crippen LogP contribution in [0, 0.1) is 6.92 Å². The van der Waals surface area contributed by atoms with Crippen molar-refractivity contribution in [3.8, 4) is 0 Å².